The van der Waals surface area contributed by atoms with Crippen molar-refractivity contribution in [2.45, 2.75) is 26.8 Å². The standard InChI is InChI=1S/C18H29BrN4/c1-4-20-18(21-12-15-10-11-23(5-2)13-15)22(3)14-16-8-6-7-9-17(16)19/h6-9,15H,4-5,10-14H2,1-3H3,(H,20,21). The van der Waals surface area contributed by atoms with Gasteiger partial charge in [-0.05, 0) is 44.0 Å². The summed E-state index contributed by atoms with van der Waals surface area (Å²) in [6.45, 7) is 10.6. The highest BCUT2D eigenvalue weighted by molar-refractivity contribution is 9.10. The molecule has 23 heavy (non-hydrogen) atoms. The molecule has 0 spiro atoms. The van der Waals surface area contributed by atoms with E-state index >= 15 is 0 Å². The van der Waals surface area contributed by atoms with E-state index in [1.165, 1.54) is 25.1 Å². The van der Waals surface area contributed by atoms with Crippen LogP contribution in [0.4, 0.5) is 0 Å². The number of halogens is 1. The molecule has 1 aliphatic heterocycles. The third kappa shape index (κ3) is 5.50. The summed E-state index contributed by atoms with van der Waals surface area (Å²) in [6, 6.07) is 8.37. The molecule has 0 amide bonds. The molecule has 1 saturated heterocycles. The van der Waals surface area contributed by atoms with E-state index < -0.39 is 0 Å². The van der Waals surface area contributed by atoms with E-state index in [9.17, 15) is 0 Å². The van der Waals surface area contributed by atoms with Crippen molar-refractivity contribution in [3.05, 3.63) is 34.3 Å². The van der Waals surface area contributed by atoms with E-state index in [2.05, 4.69) is 70.1 Å². The van der Waals surface area contributed by atoms with Gasteiger partial charge in [0.2, 0.25) is 0 Å². The largest absolute Gasteiger partial charge is 0.357 e. The van der Waals surface area contributed by atoms with Crippen molar-refractivity contribution in [1.29, 1.82) is 0 Å². The van der Waals surface area contributed by atoms with E-state index in [1.54, 1.807) is 0 Å². The Kier molecular flexibility index (Phi) is 7.37. The Labute approximate surface area is 149 Å². The number of aliphatic imine (C=N–C) groups is 1. The first kappa shape index (κ1) is 18.3. The van der Waals surface area contributed by atoms with Crippen LogP contribution in [0.25, 0.3) is 0 Å². The molecular formula is C18H29BrN4. The van der Waals surface area contributed by atoms with Gasteiger partial charge in [0.1, 0.15) is 0 Å². The van der Waals surface area contributed by atoms with Crippen LogP contribution in [0.15, 0.2) is 33.7 Å². The zero-order valence-corrected chi connectivity index (χ0v) is 16.1. The summed E-state index contributed by atoms with van der Waals surface area (Å²) in [5.74, 6) is 1.69. The fourth-order valence-electron chi connectivity index (χ4n) is 2.99. The molecule has 1 unspecified atom stereocenters. The van der Waals surface area contributed by atoms with E-state index in [0.717, 1.165) is 36.6 Å². The number of hydrogen-bond acceptors (Lipinski definition) is 2. The lowest BCUT2D eigenvalue weighted by Gasteiger charge is -2.23. The minimum Gasteiger partial charge on any atom is -0.357 e. The van der Waals surface area contributed by atoms with E-state index in [4.69, 9.17) is 4.99 Å². The highest BCUT2D eigenvalue weighted by Gasteiger charge is 2.21. The van der Waals surface area contributed by atoms with Crippen LogP contribution in [0.5, 0.6) is 0 Å². The second-order valence-corrected chi connectivity index (χ2v) is 7.04. The van der Waals surface area contributed by atoms with Crippen molar-refractivity contribution < 1.29 is 0 Å². The molecule has 0 bridgehead atoms. The van der Waals surface area contributed by atoms with Gasteiger partial charge < -0.3 is 15.1 Å². The monoisotopic (exact) mass is 380 g/mol. The van der Waals surface area contributed by atoms with Gasteiger partial charge in [-0.1, -0.05) is 41.1 Å². The van der Waals surface area contributed by atoms with Crippen molar-refractivity contribution in [2.75, 3.05) is 39.8 Å². The van der Waals surface area contributed by atoms with Gasteiger partial charge >= 0.3 is 0 Å². The highest BCUT2D eigenvalue weighted by atomic mass is 79.9. The second-order valence-electron chi connectivity index (χ2n) is 6.19. The van der Waals surface area contributed by atoms with Crippen LogP contribution < -0.4 is 5.32 Å². The fraction of sp³-hybridized carbons (Fsp3) is 0.611. The molecule has 2 rings (SSSR count). The number of likely N-dealkylation sites (tertiary alicyclic amines) is 1. The summed E-state index contributed by atoms with van der Waals surface area (Å²) in [4.78, 5) is 9.60. The van der Waals surface area contributed by atoms with E-state index in [1.807, 2.05) is 6.07 Å². The van der Waals surface area contributed by atoms with Crippen LogP contribution in [-0.2, 0) is 6.54 Å². The molecule has 0 aromatic heterocycles. The first-order valence-electron chi connectivity index (χ1n) is 8.59. The van der Waals surface area contributed by atoms with Crippen molar-refractivity contribution in [3.63, 3.8) is 0 Å². The number of guanidine groups is 1. The van der Waals surface area contributed by atoms with Crippen LogP contribution in [0.2, 0.25) is 0 Å². The van der Waals surface area contributed by atoms with Gasteiger partial charge in [-0.3, -0.25) is 4.99 Å². The van der Waals surface area contributed by atoms with Crippen molar-refractivity contribution in [2.24, 2.45) is 10.9 Å². The van der Waals surface area contributed by atoms with Crippen LogP contribution >= 0.6 is 15.9 Å². The molecule has 0 saturated carbocycles. The first-order chi connectivity index (χ1) is 11.1. The maximum atomic E-state index is 4.88. The molecular weight excluding hydrogens is 352 g/mol. The van der Waals surface area contributed by atoms with E-state index in [-0.39, 0.29) is 0 Å². The third-order valence-electron chi connectivity index (χ3n) is 4.38. The maximum Gasteiger partial charge on any atom is 0.193 e. The summed E-state index contributed by atoms with van der Waals surface area (Å²) in [5.41, 5.74) is 1.28. The summed E-state index contributed by atoms with van der Waals surface area (Å²) in [5, 5.41) is 3.42. The van der Waals surface area contributed by atoms with Gasteiger partial charge in [-0.15, -0.1) is 0 Å². The lowest BCUT2D eigenvalue weighted by molar-refractivity contribution is 0.343. The molecule has 1 aromatic rings. The highest BCUT2D eigenvalue weighted by Crippen LogP contribution is 2.18. The van der Waals surface area contributed by atoms with Gasteiger partial charge in [0.05, 0.1) is 0 Å². The first-order valence-corrected chi connectivity index (χ1v) is 9.38. The predicted octanol–water partition coefficient (Wildman–Crippen LogP) is 3.19. The summed E-state index contributed by atoms with van der Waals surface area (Å²) in [7, 11) is 2.11. The minimum absolute atomic E-state index is 0.695. The average Bonchev–Trinajstić information content (AvgIpc) is 3.01. The van der Waals surface area contributed by atoms with Gasteiger partial charge in [0.25, 0.3) is 0 Å². The Bertz CT molecular complexity index is 517. The third-order valence-corrected chi connectivity index (χ3v) is 5.15. The molecule has 0 radical (unpaired) electrons. The van der Waals surface area contributed by atoms with Crippen molar-refractivity contribution in [1.82, 2.24) is 15.1 Å². The summed E-state index contributed by atoms with van der Waals surface area (Å²) in [6.07, 6.45) is 1.27. The Balaban J connectivity index is 1.96. The number of nitrogens with one attached hydrogen (secondary N) is 1. The Morgan fingerprint density at radius 3 is 2.83 bits per heavy atom. The Morgan fingerprint density at radius 2 is 2.17 bits per heavy atom. The van der Waals surface area contributed by atoms with Crippen molar-refractivity contribution >= 4 is 21.9 Å². The molecule has 1 atom stereocenters. The van der Waals surface area contributed by atoms with Crippen LogP contribution in [0.1, 0.15) is 25.8 Å². The Morgan fingerprint density at radius 1 is 1.39 bits per heavy atom. The predicted molar refractivity (Wildman–Crippen MR) is 102 cm³/mol. The minimum atomic E-state index is 0.695. The summed E-state index contributed by atoms with van der Waals surface area (Å²) >= 11 is 3.63. The molecule has 4 nitrogen and oxygen atoms in total. The average molecular weight is 381 g/mol. The van der Waals surface area contributed by atoms with Gasteiger partial charge in [0, 0.05) is 37.7 Å². The molecule has 1 aromatic carbocycles. The zero-order chi connectivity index (χ0) is 16.7. The van der Waals surface area contributed by atoms with Gasteiger partial charge in [-0.2, -0.15) is 0 Å². The SMILES string of the molecule is CCNC(=NCC1CCN(CC)C1)N(C)Cc1ccccc1Br. The lowest BCUT2D eigenvalue weighted by Crippen LogP contribution is -2.39. The Hall–Kier alpha value is -1.07. The normalized spacial score (nSPS) is 19.1. The maximum absolute atomic E-state index is 4.88. The molecule has 5 heteroatoms. The molecule has 1 N–H and O–H groups in total. The lowest BCUT2D eigenvalue weighted by atomic mass is 10.1. The number of benzene rings is 1. The molecule has 0 aliphatic carbocycles. The van der Waals surface area contributed by atoms with E-state index in [0.29, 0.717) is 5.92 Å². The topological polar surface area (TPSA) is 30.9 Å². The molecule has 1 fully saturated rings. The van der Waals surface area contributed by atoms with Crippen LogP contribution in [0.3, 0.4) is 0 Å². The zero-order valence-electron chi connectivity index (χ0n) is 14.6. The number of hydrogen-bond donors (Lipinski definition) is 1. The number of nitrogens with zero attached hydrogens (tertiary/aromatic N) is 3. The smallest absolute Gasteiger partial charge is 0.193 e. The van der Waals surface area contributed by atoms with Gasteiger partial charge in [-0.25, -0.2) is 0 Å². The fourth-order valence-corrected chi connectivity index (χ4v) is 3.40. The van der Waals surface area contributed by atoms with Gasteiger partial charge in [0.15, 0.2) is 5.96 Å². The van der Waals surface area contributed by atoms with Crippen molar-refractivity contribution in [3.8, 4) is 0 Å². The second kappa shape index (κ2) is 9.28. The number of rotatable bonds is 6. The van der Waals surface area contributed by atoms with Crippen LogP contribution in [0, 0.1) is 5.92 Å². The summed E-state index contributed by atoms with van der Waals surface area (Å²) < 4.78 is 1.15. The molecule has 1 aliphatic rings. The van der Waals surface area contributed by atoms with Crippen LogP contribution in [-0.4, -0.2) is 55.5 Å². The molecule has 1 heterocycles. The quantitative estimate of drug-likeness (QED) is 0.607. The molecule has 128 valence electrons.